The number of pyridine rings is 1. The predicted octanol–water partition coefficient (Wildman–Crippen LogP) is 5.23. The summed E-state index contributed by atoms with van der Waals surface area (Å²) in [5.41, 5.74) is 4.81. The van der Waals surface area contributed by atoms with Gasteiger partial charge in [-0.25, -0.2) is 4.98 Å². The van der Waals surface area contributed by atoms with Crippen LogP contribution in [0.5, 0.6) is 17.4 Å². The van der Waals surface area contributed by atoms with Crippen molar-refractivity contribution >= 4 is 17.0 Å². The minimum absolute atomic E-state index is 0.547. The molecule has 6 nitrogen and oxygen atoms in total. The van der Waals surface area contributed by atoms with Gasteiger partial charge in [0.15, 0.2) is 11.5 Å². The van der Waals surface area contributed by atoms with Crippen LogP contribution in [0.1, 0.15) is 42.9 Å². The third-order valence-corrected chi connectivity index (χ3v) is 7.18. The second-order valence-electron chi connectivity index (χ2n) is 9.60. The summed E-state index contributed by atoms with van der Waals surface area (Å²) in [6.07, 6.45) is 8.74. The largest absolute Gasteiger partial charge is 0.486 e. The van der Waals surface area contributed by atoms with E-state index in [1.54, 1.807) is 7.11 Å². The fourth-order valence-electron chi connectivity index (χ4n) is 5.08. The molecular weight excluding hydrogens is 450 g/mol. The second-order valence-corrected chi connectivity index (χ2v) is 9.60. The lowest BCUT2D eigenvalue weighted by Crippen LogP contribution is -2.42. The summed E-state index contributed by atoms with van der Waals surface area (Å²) in [5.74, 6) is 2.39. The SMILES string of the molecule is CC/C=C/c1ccc(CCN2CCC(NCc3ccc4c(c3)OCCO4)CC2)c2nc(OC)ccc12. The molecule has 0 unspecified atom stereocenters. The molecule has 2 aromatic carbocycles. The Kier molecular flexibility index (Phi) is 8.04. The van der Waals surface area contributed by atoms with Crippen LogP contribution < -0.4 is 19.5 Å². The number of rotatable bonds is 9. The fourth-order valence-corrected chi connectivity index (χ4v) is 5.08. The van der Waals surface area contributed by atoms with Gasteiger partial charge in [-0.05, 0) is 73.7 Å². The maximum absolute atomic E-state index is 5.72. The van der Waals surface area contributed by atoms with Gasteiger partial charge >= 0.3 is 0 Å². The molecule has 0 atom stereocenters. The van der Waals surface area contributed by atoms with E-state index >= 15 is 0 Å². The van der Waals surface area contributed by atoms with E-state index < -0.39 is 0 Å². The lowest BCUT2D eigenvalue weighted by Gasteiger charge is -2.32. The van der Waals surface area contributed by atoms with Crippen LogP contribution in [0.3, 0.4) is 0 Å². The Morgan fingerprint density at radius 1 is 1.06 bits per heavy atom. The maximum Gasteiger partial charge on any atom is 0.213 e. The summed E-state index contributed by atoms with van der Waals surface area (Å²) < 4.78 is 16.8. The van der Waals surface area contributed by atoms with Crippen LogP contribution in [0.25, 0.3) is 17.0 Å². The minimum atomic E-state index is 0.547. The van der Waals surface area contributed by atoms with Crippen molar-refractivity contribution in [1.82, 2.24) is 15.2 Å². The highest BCUT2D eigenvalue weighted by Crippen LogP contribution is 2.31. The number of piperidine rings is 1. The van der Waals surface area contributed by atoms with Crippen molar-refractivity contribution in [3.05, 3.63) is 65.2 Å². The quantitative estimate of drug-likeness (QED) is 0.446. The highest BCUT2D eigenvalue weighted by molar-refractivity contribution is 5.90. The Bertz CT molecular complexity index is 1200. The first-order valence-electron chi connectivity index (χ1n) is 13.2. The van der Waals surface area contributed by atoms with Crippen LogP contribution in [0.15, 0.2) is 48.5 Å². The number of nitrogens with zero attached hydrogens (tertiary/aromatic N) is 2. The Labute approximate surface area is 214 Å². The van der Waals surface area contributed by atoms with E-state index in [0.29, 0.717) is 25.1 Å². The number of hydrogen-bond donors (Lipinski definition) is 1. The number of fused-ring (bicyclic) bond motifs is 2. The molecule has 0 aliphatic carbocycles. The number of methoxy groups -OCH3 is 1. The molecule has 6 heteroatoms. The van der Waals surface area contributed by atoms with Crippen LogP contribution >= 0.6 is 0 Å². The second kappa shape index (κ2) is 11.8. The van der Waals surface area contributed by atoms with Crippen molar-refractivity contribution in [3.63, 3.8) is 0 Å². The zero-order chi connectivity index (χ0) is 24.7. The third kappa shape index (κ3) is 5.82. The lowest BCUT2D eigenvalue weighted by atomic mass is 10.00. The summed E-state index contributed by atoms with van der Waals surface area (Å²) in [6, 6.07) is 15.4. The summed E-state index contributed by atoms with van der Waals surface area (Å²) in [5, 5.41) is 4.94. The highest BCUT2D eigenvalue weighted by atomic mass is 16.6. The molecule has 1 saturated heterocycles. The number of benzene rings is 2. The number of nitrogens with one attached hydrogen (secondary N) is 1. The van der Waals surface area contributed by atoms with Crippen LogP contribution in [-0.4, -0.2) is 55.9 Å². The van der Waals surface area contributed by atoms with Gasteiger partial charge in [-0.1, -0.05) is 37.3 Å². The summed E-state index contributed by atoms with van der Waals surface area (Å²) >= 11 is 0. The monoisotopic (exact) mass is 487 g/mol. The summed E-state index contributed by atoms with van der Waals surface area (Å²) in [4.78, 5) is 7.40. The Balaban J connectivity index is 1.15. The van der Waals surface area contributed by atoms with E-state index in [1.165, 1.54) is 22.1 Å². The van der Waals surface area contributed by atoms with Crippen LogP contribution in [0.2, 0.25) is 0 Å². The van der Waals surface area contributed by atoms with Crippen molar-refractivity contribution in [2.45, 2.75) is 45.2 Å². The Morgan fingerprint density at radius 3 is 2.69 bits per heavy atom. The van der Waals surface area contributed by atoms with Crippen molar-refractivity contribution in [2.75, 3.05) is 40.0 Å². The van der Waals surface area contributed by atoms with E-state index in [-0.39, 0.29) is 0 Å². The average Bonchev–Trinajstić information content (AvgIpc) is 2.94. The average molecular weight is 488 g/mol. The smallest absolute Gasteiger partial charge is 0.213 e. The zero-order valence-electron chi connectivity index (χ0n) is 21.5. The molecule has 1 aromatic heterocycles. The van der Waals surface area contributed by atoms with Gasteiger partial charge in [-0.2, -0.15) is 0 Å². The first kappa shape index (κ1) is 24.6. The Morgan fingerprint density at radius 2 is 1.89 bits per heavy atom. The number of likely N-dealkylation sites (tertiary alicyclic amines) is 1. The van der Waals surface area contributed by atoms with E-state index in [0.717, 1.165) is 68.9 Å². The summed E-state index contributed by atoms with van der Waals surface area (Å²) in [6.45, 7) is 7.56. The first-order chi connectivity index (χ1) is 17.7. The van der Waals surface area contributed by atoms with Gasteiger partial charge in [0.05, 0.1) is 12.6 Å². The lowest BCUT2D eigenvalue weighted by molar-refractivity contribution is 0.171. The molecule has 1 fully saturated rings. The molecule has 5 rings (SSSR count). The van der Waals surface area contributed by atoms with Gasteiger partial charge in [0.25, 0.3) is 0 Å². The van der Waals surface area contributed by atoms with Crippen molar-refractivity contribution < 1.29 is 14.2 Å². The molecule has 3 heterocycles. The normalized spacial score (nSPS) is 16.6. The Hall–Kier alpha value is -3.09. The van der Waals surface area contributed by atoms with E-state index in [2.05, 4.69) is 59.6 Å². The van der Waals surface area contributed by atoms with Gasteiger partial charge in [0.1, 0.15) is 13.2 Å². The molecule has 190 valence electrons. The van der Waals surface area contributed by atoms with Gasteiger partial charge < -0.3 is 24.4 Å². The van der Waals surface area contributed by atoms with Crippen LogP contribution in [0, 0.1) is 0 Å². The standard InChI is InChI=1S/C30H37N3O3/c1-3-4-5-23-7-8-24(30-26(23)9-11-29(32-30)34-2)12-15-33-16-13-25(14-17-33)31-21-22-6-10-27-28(20-22)36-19-18-35-27/h4-11,20,25,31H,3,12-19,21H2,1-2H3/b5-4+. The number of ether oxygens (including phenoxy) is 3. The van der Waals surface area contributed by atoms with E-state index in [1.807, 2.05) is 12.1 Å². The number of allylic oxidation sites excluding steroid dienone is 1. The minimum Gasteiger partial charge on any atom is -0.486 e. The van der Waals surface area contributed by atoms with Gasteiger partial charge in [-0.3, -0.25) is 0 Å². The van der Waals surface area contributed by atoms with Crippen molar-refractivity contribution in [1.29, 1.82) is 0 Å². The molecule has 2 aliphatic heterocycles. The van der Waals surface area contributed by atoms with E-state index in [9.17, 15) is 0 Å². The molecule has 0 spiro atoms. The van der Waals surface area contributed by atoms with Crippen molar-refractivity contribution in [3.8, 4) is 17.4 Å². The van der Waals surface area contributed by atoms with Crippen LogP contribution in [-0.2, 0) is 13.0 Å². The summed E-state index contributed by atoms with van der Waals surface area (Å²) in [7, 11) is 1.68. The third-order valence-electron chi connectivity index (χ3n) is 7.18. The molecule has 2 aliphatic rings. The van der Waals surface area contributed by atoms with Crippen LogP contribution in [0.4, 0.5) is 0 Å². The fraction of sp³-hybridized carbons (Fsp3) is 0.433. The number of hydrogen-bond acceptors (Lipinski definition) is 6. The predicted molar refractivity (Wildman–Crippen MR) is 145 cm³/mol. The van der Waals surface area contributed by atoms with Gasteiger partial charge in [-0.15, -0.1) is 0 Å². The topological polar surface area (TPSA) is 55.9 Å². The van der Waals surface area contributed by atoms with Gasteiger partial charge in [0.2, 0.25) is 5.88 Å². The van der Waals surface area contributed by atoms with Gasteiger partial charge in [0, 0.05) is 30.6 Å². The highest BCUT2D eigenvalue weighted by Gasteiger charge is 2.20. The molecule has 0 saturated carbocycles. The molecule has 36 heavy (non-hydrogen) atoms. The van der Waals surface area contributed by atoms with Crippen molar-refractivity contribution in [2.24, 2.45) is 0 Å². The number of aromatic nitrogens is 1. The molecular formula is C30H37N3O3. The zero-order valence-corrected chi connectivity index (χ0v) is 21.5. The maximum atomic E-state index is 5.72. The molecule has 0 amide bonds. The molecule has 3 aromatic rings. The molecule has 0 radical (unpaired) electrons. The first-order valence-corrected chi connectivity index (χ1v) is 13.2. The molecule has 0 bridgehead atoms. The molecule has 1 N–H and O–H groups in total. The van der Waals surface area contributed by atoms with E-state index in [4.69, 9.17) is 19.2 Å².